The summed E-state index contributed by atoms with van der Waals surface area (Å²) in [6.45, 7) is 5.32. The highest BCUT2D eigenvalue weighted by Crippen LogP contribution is 2.36. The summed E-state index contributed by atoms with van der Waals surface area (Å²) >= 11 is 7.49. The number of halogens is 1. The Morgan fingerprint density at radius 1 is 1.23 bits per heavy atom. The van der Waals surface area contributed by atoms with Crippen molar-refractivity contribution < 1.29 is 18.9 Å². The maximum Gasteiger partial charge on any atom is 0.338 e. The number of furan rings is 1. The average molecular weight is 564 g/mol. The van der Waals surface area contributed by atoms with Gasteiger partial charge in [0.2, 0.25) is 0 Å². The van der Waals surface area contributed by atoms with Crippen molar-refractivity contribution in [3.63, 3.8) is 0 Å². The number of nitrogens with zero attached hydrogens (tertiary/aromatic N) is 3. The molecule has 9 nitrogen and oxygen atoms in total. The van der Waals surface area contributed by atoms with Crippen molar-refractivity contribution in [3.8, 4) is 11.3 Å². The Kier molecular flexibility index (Phi) is 7.07. The van der Waals surface area contributed by atoms with E-state index >= 15 is 0 Å². The summed E-state index contributed by atoms with van der Waals surface area (Å²) in [6.07, 6.45) is 1.69. The number of aromatic nitrogens is 1. The number of hydrogen-bond donors (Lipinski definition) is 0. The molecule has 0 saturated heterocycles. The first-order valence-corrected chi connectivity index (χ1v) is 13.2. The highest BCUT2D eigenvalue weighted by atomic mass is 35.5. The lowest BCUT2D eigenvalue weighted by Crippen LogP contribution is -2.39. The van der Waals surface area contributed by atoms with E-state index in [2.05, 4.69) is 4.99 Å². The van der Waals surface area contributed by atoms with Crippen LogP contribution in [-0.2, 0) is 9.53 Å². The lowest BCUT2D eigenvalue weighted by molar-refractivity contribution is -0.384. The van der Waals surface area contributed by atoms with Crippen LogP contribution in [0.25, 0.3) is 17.4 Å². The Bertz CT molecular complexity index is 1850. The SMILES string of the molecule is CCOC(=O)C1=C(C)N=c2s/c(=C\c3ccccc3Cl)c(=O)n2[C@H]1c1ccc(-c2cc([N+](=O)[O-])ccc2C)o1. The fraction of sp³-hybridized carbons (Fsp3) is 0.179. The van der Waals surface area contributed by atoms with Gasteiger partial charge in [-0.1, -0.05) is 47.2 Å². The third-order valence-electron chi connectivity index (χ3n) is 6.30. The van der Waals surface area contributed by atoms with Crippen LogP contribution in [-0.4, -0.2) is 22.1 Å². The molecule has 0 aliphatic carbocycles. The first-order valence-electron chi connectivity index (χ1n) is 12.0. The van der Waals surface area contributed by atoms with E-state index in [0.717, 1.165) is 5.56 Å². The van der Waals surface area contributed by atoms with Crippen LogP contribution in [0.2, 0.25) is 5.02 Å². The zero-order chi connectivity index (χ0) is 27.8. The summed E-state index contributed by atoms with van der Waals surface area (Å²) in [5.41, 5.74) is 2.08. The van der Waals surface area contributed by atoms with Crippen LogP contribution in [0.5, 0.6) is 0 Å². The fourth-order valence-electron chi connectivity index (χ4n) is 4.43. The molecule has 39 heavy (non-hydrogen) atoms. The maximum absolute atomic E-state index is 13.7. The van der Waals surface area contributed by atoms with Gasteiger partial charge in [0.05, 0.1) is 27.3 Å². The lowest BCUT2D eigenvalue weighted by Gasteiger charge is -2.22. The zero-order valence-corrected chi connectivity index (χ0v) is 22.7. The molecule has 0 N–H and O–H groups in total. The van der Waals surface area contributed by atoms with Gasteiger partial charge in [0.25, 0.3) is 11.2 Å². The van der Waals surface area contributed by atoms with Gasteiger partial charge in [-0.05, 0) is 56.2 Å². The van der Waals surface area contributed by atoms with Gasteiger partial charge in [0.15, 0.2) is 4.80 Å². The molecule has 0 amide bonds. The number of nitro groups is 1. The Hall–Kier alpha value is -4.28. The number of benzene rings is 2. The topological polar surface area (TPSA) is 117 Å². The number of aryl methyl sites for hydroxylation is 1. The second kappa shape index (κ2) is 10.5. The molecule has 1 aliphatic rings. The number of carbonyl (C=O) groups is 1. The van der Waals surface area contributed by atoms with E-state index in [1.54, 1.807) is 56.3 Å². The van der Waals surface area contributed by atoms with Crippen LogP contribution in [0.4, 0.5) is 5.69 Å². The molecule has 11 heteroatoms. The zero-order valence-electron chi connectivity index (χ0n) is 21.1. The largest absolute Gasteiger partial charge is 0.463 e. The molecule has 2 aromatic carbocycles. The van der Waals surface area contributed by atoms with Gasteiger partial charge in [-0.2, -0.15) is 0 Å². The minimum absolute atomic E-state index is 0.0796. The number of nitro benzene ring substituents is 1. The number of allylic oxidation sites excluding steroid dienone is 1. The van der Waals surface area contributed by atoms with Crippen LogP contribution in [0, 0.1) is 17.0 Å². The Balaban J connectivity index is 1.71. The maximum atomic E-state index is 13.7. The average Bonchev–Trinajstić information content (AvgIpc) is 3.50. The molecule has 0 spiro atoms. The quantitative estimate of drug-likeness (QED) is 0.186. The fourth-order valence-corrected chi connectivity index (χ4v) is 5.66. The number of fused-ring (bicyclic) bond motifs is 1. The summed E-state index contributed by atoms with van der Waals surface area (Å²) in [7, 11) is 0. The Morgan fingerprint density at radius 3 is 2.72 bits per heavy atom. The highest BCUT2D eigenvalue weighted by Gasteiger charge is 2.35. The normalized spacial score (nSPS) is 15.2. The molecule has 0 bridgehead atoms. The van der Waals surface area contributed by atoms with Gasteiger partial charge < -0.3 is 9.15 Å². The van der Waals surface area contributed by atoms with E-state index in [1.807, 2.05) is 13.0 Å². The van der Waals surface area contributed by atoms with Crippen molar-refractivity contribution in [1.29, 1.82) is 0 Å². The Labute approximate surface area is 231 Å². The Morgan fingerprint density at radius 2 is 2.00 bits per heavy atom. The molecule has 0 unspecified atom stereocenters. The van der Waals surface area contributed by atoms with Crippen molar-refractivity contribution in [2.45, 2.75) is 26.8 Å². The van der Waals surface area contributed by atoms with Gasteiger partial charge in [-0.15, -0.1) is 0 Å². The number of thiazole rings is 1. The van der Waals surface area contributed by atoms with Gasteiger partial charge in [-0.3, -0.25) is 19.5 Å². The second-order valence-electron chi connectivity index (χ2n) is 8.78. The molecule has 1 aliphatic heterocycles. The molecule has 3 heterocycles. The van der Waals surface area contributed by atoms with E-state index < -0.39 is 16.9 Å². The molecule has 1 atom stereocenters. The molecule has 198 valence electrons. The second-order valence-corrected chi connectivity index (χ2v) is 10.2. The summed E-state index contributed by atoms with van der Waals surface area (Å²) in [5.74, 6) is 0.0366. The van der Waals surface area contributed by atoms with Crippen molar-refractivity contribution in [2.75, 3.05) is 6.61 Å². The van der Waals surface area contributed by atoms with E-state index in [9.17, 15) is 19.7 Å². The van der Waals surface area contributed by atoms with Gasteiger partial charge >= 0.3 is 5.97 Å². The molecule has 5 rings (SSSR count). The van der Waals surface area contributed by atoms with E-state index in [0.29, 0.717) is 42.7 Å². The predicted molar refractivity (Wildman–Crippen MR) is 147 cm³/mol. The minimum Gasteiger partial charge on any atom is -0.463 e. The number of rotatable bonds is 6. The van der Waals surface area contributed by atoms with Crippen molar-refractivity contribution in [1.82, 2.24) is 4.57 Å². The van der Waals surface area contributed by atoms with Crippen molar-refractivity contribution in [2.24, 2.45) is 4.99 Å². The van der Waals surface area contributed by atoms with Gasteiger partial charge in [0.1, 0.15) is 17.6 Å². The number of ether oxygens (including phenoxy) is 1. The van der Waals surface area contributed by atoms with Crippen LogP contribution in [0.3, 0.4) is 0 Å². The van der Waals surface area contributed by atoms with Gasteiger partial charge in [-0.25, -0.2) is 9.79 Å². The van der Waals surface area contributed by atoms with E-state index in [4.69, 9.17) is 20.8 Å². The van der Waals surface area contributed by atoms with E-state index in [1.165, 1.54) is 28.0 Å². The lowest BCUT2D eigenvalue weighted by atomic mass is 10.0. The minimum atomic E-state index is -0.957. The number of esters is 1. The molecule has 0 radical (unpaired) electrons. The summed E-state index contributed by atoms with van der Waals surface area (Å²) in [4.78, 5) is 42.7. The highest BCUT2D eigenvalue weighted by molar-refractivity contribution is 7.07. The molecule has 2 aromatic heterocycles. The number of non-ortho nitro benzene ring substituents is 1. The number of hydrogen-bond acceptors (Lipinski definition) is 8. The summed E-state index contributed by atoms with van der Waals surface area (Å²) < 4.78 is 13.3. The molecule has 0 fully saturated rings. The van der Waals surface area contributed by atoms with Crippen molar-refractivity contribution >= 4 is 40.7 Å². The van der Waals surface area contributed by atoms with Gasteiger partial charge in [0, 0.05) is 22.7 Å². The third-order valence-corrected chi connectivity index (χ3v) is 7.63. The van der Waals surface area contributed by atoms with Crippen molar-refractivity contribution in [3.05, 3.63) is 118 Å². The number of carbonyl (C=O) groups excluding carboxylic acids is 1. The monoisotopic (exact) mass is 563 g/mol. The van der Waals surface area contributed by atoms with Crippen LogP contribution < -0.4 is 14.9 Å². The summed E-state index contributed by atoms with van der Waals surface area (Å²) in [5, 5.41) is 11.8. The smallest absolute Gasteiger partial charge is 0.338 e. The molecular formula is C28H22ClN3O6S. The standard InChI is InChI=1S/C28H22ClN3O6S/c1-4-37-27(34)24-16(3)30-28-31(26(33)23(39-28)13-17-7-5-6-8-20(17)29)25(24)22-12-11-21(38-22)19-14-18(32(35)36)10-9-15(19)2/h5-14,25H,4H2,1-3H3/b23-13-/t25-/m0/s1. The predicted octanol–water partition coefficient (Wildman–Crippen LogP) is 4.93. The van der Waals surface area contributed by atoms with Crippen LogP contribution >= 0.6 is 22.9 Å². The molecular weight excluding hydrogens is 542 g/mol. The molecule has 0 saturated carbocycles. The first-order chi connectivity index (χ1) is 18.7. The third kappa shape index (κ3) is 4.84. The summed E-state index contributed by atoms with van der Waals surface area (Å²) in [6, 6.07) is 14.0. The van der Waals surface area contributed by atoms with E-state index in [-0.39, 0.29) is 23.4 Å². The first kappa shape index (κ1) is 26.3. The molecule has 4 aromatic rings. The van der Waals surface area contributed by atoms with Crippen LogP contribution in [0.1, 0.15) is 36.8 Å². The van der Waals surface area contributed by atoms with Crippen LogP contribution in [0.15, 0.2) is 80.1 Å².